The van der Waals surface area contributed by atoms with E-state index in [0.717, 1.165) is 56.0 Å². The van der Waals surface area contributed by atoms with Crippen molar-refractivity contribution in [3.8, 4) is 11.5 Å². The van der Waals surface area contributed by atoms with Gasteiger partial charge in [0.05, 0.1) is 13.1 Å². The Morgan fingerprint density at radius 2 is 1.64 bits per heavy atom. The molecule has 1 aromatic rings. The highest BCUT2D eigenvalue weighted by Gasteiger charge is 2.42. The van der Waals surface area contributed by atoms with Crippen LogP contribution < -0.4 is 19.7 Å². The van der Waals surface area contributed by atoms with Crippen LogP contribution in [0.5, 0.6) is 11.5 Å². The van der Waals surface area contributed by atoms with Crippen molar-refractivity contribution in [2.45, 2.75) is 63.6 Å². The van der Waals surface area contributed by atoms with Gasteiger partial charge < -0.3 is 19.7 Å². The minimum atomic E-state index is -0.459. The number of carbonyl (C=O) groups excluding carboxylic acids is 1. The second-order valence-corrected chi connectivity index (χ2v) is 7.73. The Morgan fingerprint density at radius 1 is 0.960 bits per heavy atom. The van der Waals surface area contributed by atoms with Crippen LogP contribution >= 0.6 is 0 Å². The van der Waals surface area contributed by atoms with Gasteiger partial charge in [-0.15, -0.1) is 0 Å². The fourth-order valence-electron chi connectivity index (χ4n) is 4.30. The Morgan fingerprint density at radius 3 is 2.40 bits per heavy atom. The summed E-state index contributed by atoms with van der Waals surface area (Å²) in [5.41, 5.74) is 0.800. The van der Waals surface area contributed by atoms with Crippen molar-refractivity contribution in [3.63, 3.8) is 0 Å². The van der Waals surface area contributed by atoms with E-state index in [4.69, 9.17) is 9.47 Å². The van der Waals surface area contributed by atoms with Gasteiger partial charge in [0.15, 0.2) is 18.0 Å². The van der Waals surface area contributed by atoms with E-state index in [1.807, 2.05) is 18.2 Å². The average molecular weight is 345 g/mol. The molecular weight excluding hydrogens is 316 g/mol. The fourth-order valence-corrected chi connectivity index (χ4v) is 4.30. The number of fused-ring (bicyclic) bond motifs is 1. The lowest BCUT2D eigenvalue weighted by atomic mass is 9.94. The normalized spacial score (nSPS) is 22.6. The summed E-state index contributed by atoms with van der Waals surface area (Å²) in [6.07, 6.45) is 10.5. The molecule has 3 aliphatic rings. The van der Waals surface area contributed by atoms with E-state index < -0.39 is 5.79 Å². The van der Waals surface area contributed by atoms with Gasteiger partial charge in [0, 0.05) is 24.6 Å². The zero-order valence-corrected chi connectivity index (χ0v) is 14.9. The van der Waals surface area contributed by atoms with Crippen LogP contribution in [0.2, 0.25) is 0 Å². The first kappa shape index (κ1) is 16.7. The molecule has 5 heteroatoms. The zero-order valence-electron chi connectivity index (χ0n) is 14.9. The second kappa shape index (κ2) is 7.24. The van der Waals surface area contributed by atoms with Crippen molar-refractivity contribution < 1.29 is 19.2 Å². The molecular formula is C20H29N2O3+. The number of carbonyl (C=O) groups is 1. The molecule has 136 valence electrons. The van der Waals surface area contributed by atoms with Gasteiger partial charge in [0.2, 0.25) is 0 Å². The summed E-state index contributed by atoms with van der Waals surface area (Å²) in [6, 6.07) is 5.75. The number of anilines is 1. The molecule has 1 saturated heterocycles. The predicted molar refractivity (Wildman–Crippen MR) is 96.2 cm³/mol. The maximum atomic E-state index is 12.4. The lowest BCUT2D eigenvalue weighted by Gasteiger charge is -2.31. The lowest BCUT2D eigenvalue weighted by molar-refractivity contribution is -0.890. The van der Waals surface area contributed by atoms with E-state index in [2.05, 4.69) is 5.32 Å². The number of rotatable bonds is 3. The highest BCUT2D eigenvalue weighted by Crippen LogP contribution is 2.46. The Balaban J connectivity index is 1.36. The Bertz CT molecular complexity index is 617. The van der Waals surface area contributed by atoms with E-state index in [1.54, 1.807) is 0 Å². The van der Waals surface area contributed by atoms with E-state index in [0.29, 0.717) is 6.54 Å². The number of benzene rings is 1. The molecule has 1 aliphatic carbocycles. The maximum absolute atomic E-state index is 12.4. The Hall–Kier alpha value is -1.75. The van der Waals surface area contributed by atoms with E-state index >= 15 is 0 Å². The van der Waals surface area contributed by atoms with Gasteiger partial charge in [0.25, 0.3) is 11.7 Å². The van der Waals surface area contributed by atoms with Gasteiger partial charge >= 0.3 is 0 Å². The first-order valence-electron chi connectivity index (χ1n) is 9.88. The van der Waals surface area contributed by atoms with Gasteiger partial charge in [-0.25, -0.2) is 0 Å². The van der Waals surface area contributed by atoms with E-state index in [-0.39, 0.29) is 5.91 Å². The van der Waals surface area contributed by atoms with Crippen LogP contribution in [0.4, 0.5) is 5.69 Å². The summed E-state index contributed by atoms with van der Waals surface area (Å²) in [5, 5.41) is 3.04. The summed E-state index contributed by atoms with van der Waals surface area (Å²) in [5.74, 6) is 1.20. The van der Waals surface area contributed by atoms with Gasteiger partial charge in [-0.3, -0.25) is 4.79 Å². The van der Waals surface area contributed by atoms with Gasteiger partial charge in [-0.05, 0) is 50.7 Å². The number of ether oxygens (including phenoxy) is 2. The van der Waals surface area contributed by atoms with Crippen molar-refractivity contribution in [3.05, 3.63) is 18.2 Å². The molecule has 1 saturated carbocycles. The molecule has 2 N–H and O–H groups in total. The molecule has 2 aliphatic heterocycles. The average Bonchev–Trinajstić information content (AvgIpc) is 2.77. The van der Waals surface area contributed by atoms with Gasteiger partial charge in [-0.1, -0.05) is 6.42 Å². The van der Waals surface area contributed by atoms with E-state index in [1.165, 1.54) is 37.0 Å². The van der Waals surface area contributed by atoms with Crippen LogP contribution in [0, 0.1) is 0 Å². The minimum Gasteiger partial charge on any atom is -0.448 e. The lowest BCUT2D eigenvalue weighted by Crippen LogP contribution is -3.12. The molecule has 0 bridgehead atoms. The Kier molecular flexibility index (Phi) is 4.84. The van der Waals surface area contributed by atoms with Crippen molar-refractivity contribution in [2.24, 2.45) is 0 Å². The number of quaternary nitrogens is 1. The van der Waals surface area contributed by atoms with Crippen molar-refractivity contribution in [2.75, 3.05) is 25.0 Å². The highest BCUT2D eigenvalue weighted by molar-refractivity contribution is 5.91. The smallest absolute Gasteiger partial charge is 0.279 e. The molecule has 5 nitrogen and oxygen atoms in total. The molecule has 0 unspecified atom stereocenters. The number of hydrogen-bond acceptors (Lipinski definition) is 3. The van der Waals surface area contributed by atoms with Crippen molar-refractivity contribution in [1.82, 2.24) is 0 Å². The fraction of sp³-hybridized carbons (Fsp3) is 0.650. The Labute approximate surface area is 149 Å². The molecule has 0 radical (unpaired) electrons. The SMILES string of the molecule is O=C(C[NH+]1CCCCCC1)Nc1ccc2c(c1)OC1(CCCCC1)O2. The second-order valence-electron chi connectivity index (χ2n) is 7.73. The molecule has 2 fully saturated rings. The third-order valence-corrected chi connectivity index (χ3v) is 5.66. The number of likely N-dealkylation sites (tertiary alicyclic amines) is 1. The number of amides is 1. The summed E-state index contributed by atoms with van der Waals surface area (Å²) in [7, 11) is 0. The summed E-state index contributed by atoms with van der Waals surface area (Å²) in [6.45, 7) is 2.77. The molecule has 25 heavy (non-hydrogen) atoms. The number of hydrogen-bond donors (Lipinski definition) is 2. The van der Waals surface area contributed by atoms with Crippen molar-refractivity contribution >= 4 is 11.6 Å². The molecule has 2 heterocycles. The van der Waals surface area contributed by atoms with Crippen LogP contribution in [0.15, 0.2) is 18.2 Å². The number of nitrogens with one attached hydrogen (secondary N) is 2. The largest absolute Gasteiger partial charge is 0.448 e. The van der Waals surface area contributed by atoms with Crippen LogP contribution in [0.1, 0.15) is 57.8 Å². The van der Waals surface area contributed by atoms with Gasteiger partial charge in [0.1, 0.15) is 0 Å². The first-order valence-corrected chi connectivity index (χ1v) is 9.88. The molecule has 0 aromatic heterocycles. The topological polar surface area (TPSA) is 52.0 Å². The molecule has 4 rings (SSSR count). The summed E-state index contributed by atoms with van der Waals surface area (Å²) >= 11 is 0. The molecule has 1 amide bonds. The molecule has 1 aromatic carbocycles. The quantitative estimate of drug-likeness (QED) is 0.885. The summed E-state index contributed by atoms with van der Waals surface area (Å²) < 4.78 is 12.2. The predicted octanol–water partition coefficient (Wildman–Crippen LogP) is 2.52. The van der Waals surface area contributed by atoms with Crippen molar-refractivity contribution in [1.29, 1.82) is 0 Å². The minimum absolute atomic E-state index is 0.0862. The zero-order chi connectivity index (χ0) is 17.1. The van der Waals surface area contributed by atoms with Crippen LogP contribution in [-0.2, 0) is 4.79 Å². The monoisotopic (exact) mass is 345 g/mol. The molecule has 0 atom stereocenters. The van der Waals surface area contributed by atoms with E-state index in [9.17, 15) is 4.79 Å². The maximum Gasteiger partial charge on any atom is 0.279 e. The summed E-state index contributed by atoms with van der Waals surface area (Å²) in [4.78, 5) is 13.8. The van der Waals surface area contributed by atoms with Crippen LogP contribution in [0.25, 0.3) is 0 Å². The van der Waals surface area contributed by atoms with Crippen LogP contribution in [0.3, 0.4) is 0 Å². The third-order valence-electron chi connectivity index (χ3n) is 5.66. The first-order chi connectivity index (χ1) is 12.2. The van der Waals surface area contributed by atoms with Gasteiger partial charge in [-0.2, -0.15) is 0 Å². The van der Waals surface area contributed by atoms with Crippen LogP contribution in [-0.4, -0.2) is 31.3 Å². The standard InChI is InChI=1S/C20H28N2O3/c23-19(15-22-12-6-1-2-7-13-22)21-16-8-9-17-18(14-16)25-20(24-17)10-4-3-5-11-20/h8-9,14H,1-7,10-13,15H2,(H,21,23)/p+1. The third kappa shape index (κ3) is 3.92. The highest BCUT2D eigenvalue weighted by atomic mass is 16.7. The molecule has 1 spiro atoms.